The summed E-state index contributed by atoms with van der Waals surface area (Å²) in [6, 6.07) is 10.5. The van der Waals surface area contributed by atoms with Gasteiger partial charge in [0.05, 0.1) is 16.8 Å². The summed E-state index contributed by atoms with van der Waals surface area (Å²) in [5.41, 5.74) is 1.86. The molecule has 3 amide bonds. The number of rotatable bonds is 5. The van der Waals surface area contributed by atoms with E-state index in [4.69, 9.17) is 4.52 Å². The second kappa shape index (κ2) is 7.31. The Morgan fingerprint density at radius 3 is 2.28 bits per heavy atom. The Balaban J connectivity index is 1.71. The third kappa shape index (κ3) is 3.29. The van der Waals surface area contributed by atoms with Gasteiger partial charge in [-0.15, -0.1) is 0 Å². The molecule has 1 N–H and O–H groups in total. The van der Waals surface area contributed by atoms with Gasteiger partial charge in [-0.05, 0) is 38.1 Å². The smallest absolute Gasteiger partial charge is 0.262 e. The van der Waals surface area contributed by atoms with Crippen molar-refractivity contribution in [3.8, 4) is 0 Å². The van der Waals surface area contributed by atoms with E-state index in [0.29, 0.717) is 22.8 Å². The number of anilines is 1. The zero-order valence-corrected chi connectivity index (χ0v) is 15.9. The number of nitrogens with zero attached hydrogens (tertiary/aromatic N) is 3. The quantitative estimate of drug-likeness (QED) is 0.671. The van der Waals surface area contributed by atoms with Gasteiger partial charge in [0.2, 0.25) is 5.91 Å². The van der Waals surface area contributed by atoms with E-state index in [2.05, 4.69) is 15.5 Å². The highest BCUT2D eigenvalue weighted by molar-refractivity contribution is 6.23. The lowest BCUT2D eigenvalue weighted by Gasteiger charge is -2.25. The summed E-state index contributed by atoms with van der Waals surface area (Å²) in [6.07, 6.45) is 1.63. The molecule has 0 saturated carbocycles. The van der Waals surface area contributed by atoms with Gasteiger partial charge in [0.15, 0.2) is 0 Å². The van der Waals surface area contributed by atoms with E-state index in [9.17, 15) is 14.4 Å². The van der Waals surface area contributed by atoms with Crippen LogP contribution >= 0.6 is 0 Å². The normalized spacial score (nSPS) is 14.1. The minimum atomic E-state index is -1.08. The Hall–Kier alpha value is -3.81. The van der Waals surface area contributed by atoms with E-state index in [0.717, 1.165) is 4.90 Å². The lowest BCUT2D eigenvalue weighted by molar-refractivity contribution is -0.120. The highest BCUT2D eigenvalue weighted by Crippen LogP contribution is 2.27. The van der Waals surface area contributed by atoms with E-state index >= 15 is 0 Å². The lowest BCUT2D eigenvalue weighted by Crippen LogP contribution is -2.48. The Morgan fingerprint density at radius 2 is 1.72 bits per heavy atom. The second-order valence-corrected chi connectivity index (χ2v) is 6.75. The summed E-state index contributed by atoms with van der Waals surface area (Å²) in [5, 5.41) is 6.60. The number of aryl methyl sites for hydroxylation is 2. The number of imide groups is 1. The van der Waals surface area contributed by atoms with Crippen molar-refractivity contribution in [2.45, 2.75) is 26.3 Å². The predicted molar refractivity (Wildman–Crippen MR) is 103 cm³/mol. The molecule has 1 aliphatic heterocycles. The van der Waals surface area contributed by atoms with Gasteiger partial charge in [-0.25, -0.2) is 4.98 Å². The van der Waals surface area contributed by atoms with Crippen molar-refractivity contribution in [1.82, 2.24) is 15.0 Å². The van der Waals surface area contributed by atoms with Crippen LogP contribution in [-0.2, 0) is 11.2 Å². The highest BCUT2D eigenvalue weighted by Gasteiger charge is 2.43. The molecule has 0 radical (unpaired) electrons. The maximum absolute atomic E-state index is 13.1. The number of carbonyl (C=O) groups excluding carboxylic acids is 3. The molecule has 8 heteroatoms. The minimum Gasteiger partial charge on any atom is -0.361 e. The second-order valence-electron chi connectivity index (χ2n) is 6.75. The van der Waals surface area contributed by atoms with Gasteiger partial charge in [0, 0.05) is 18.2 Å². The molecule has 0 saturated heterocycles. The van der Waals surface area contributed by atoms with Gasteiger partial charge < -0.3 is 9.84 Å². The van der Waals surface area contributed by atoms with Gasteiger partial charge in [0.25, 0.3) is 11.8 Å². The molecule has 146 valence electrons. The molecule has 0 aliphatic carbocycles. The minimum absolute atomic E-state index is 0.0886. The number of hydrogen-bond donors (Lipinski definition) is 1. The highest BCUT2D eigenvalue weighted by atomic mass is 16.5. The first-order valence-corrected chi connectivity index (χ1v) is 9.08. The van der Waals surface area contributed by atoms with Crippen LogP contribution in [0.5, 0.6) is 0 Å². The van der Waals surface area contributed by atoms with Crippen molar-refractivity contribution >= 4 is 23.5 Å². The largest absolute Gasteiger partial charge is 0.361 e. The topological polar surface area (TPSA) is 105 Å². The molecule has 3 heterocycles. The van der Waals surface area contributed by atoms with Gasteiger partial charge in [-0.2, -0.15) is 0 Å². The van der Waals surface area contributed by atoms with Crippen molar-refractivity contribution in [3.63, 3.8) is 0 Å². The first-order chi connectivity index (χ1) is 14.0. The average Bonchev–Trinajstić information content (AvgIpc) is 3.17. The maximum atomic E-state index is 13.1. The standard InChI is InChI=1S/C21H18N4O4/c1-12-16(13(2)29-24-12)11-17(19(26)23-18-9-5-6-10-22-18)25-20(27)14-7-3-4-8-15(14)21(25)28/h3-10,17H,11H2,1-2H3,(H,22,23,26). The van der Waals surface area contributed by atoms with Gasteiger partial charge in [-0.3, -0.25) is 19.3 Å². The summed E-state index contributed by atoms with van der Waals surface area (Å²) in [7, 11) is 0. The van der Waals surface area contributed by atoms with Crippen molar-refractivity contribution in [2.24, 2.45) is 0 Å². The lowest BCUT2D eigenvalue weighted by atomic mass is 10.0. The average molecular weight is 390 g/mol. The van der Waals surface area contributed by atoms with Crippen LogP contribution in [0, 0.1) is 13.8 Å². The molecule has 0 bridgehead atoms. The number of aromatic nitrogens is 2. The van der Waals surface area contributed by atoms with Crippen molar-refractivity contribution in [2.75, 3.05) is 5.32 Å². The third-order valence-electron chi connectivity index (χ3n) is 4.93. The summed E-state index contributed by atoms with van der Waals surface area (Å²) >= 11 is 0. The zero-order valence-electron chi connectivity index (χ0n) is 15.9. The van der Waals surface area contributed by atoms with Crippen LogP contribution in [0.25, 0.3) is 0 Å². The fourth-order valence-electron chi connectivity index (χ4n) is 3.43. The Bertz CT molecular complexity index is 1050. The molecule has 0 fully saturated rings. The maximum Gasteiger partial charge on any atom is 0.262 e. The molecule has 0 spiro atoms. The Morgan fingerprint density at radius 1 is 1.07 bits per heavy atom. The molecule has 1 aromatic carbocycles. The van der Waals surface area contributed by atoms with Gasteiger partial charge in [0.1, 0.15) is 17.6 Å². The number of amides is 3. The van der Waals surface area contributed by atoms with Crippen molar-refractivity contribution in [3.05, 3.63) is 76.8 Å². The Labute approximate surface area is 166 Å². The summed E-state index contributed by atoms with van der Waals surface area (Å²) in [5.74, 6) is -0.650. The zero-order chi connectivity index (χ0) is 20.5. The fourth-order valence-corrected chi connectivity index (χ4v) is 3.43. The number of nitrogens with one attached hydrogen (secondary N) is 1. The summed E-state index contributed by atoms with van der Waals surface area (Å²) < 4.78 is 5.19. The monoisotopic (exact) mass is 390 g/mol. The van der Waals surface area contributed by atoms with Crippen molar-refractivity contribution < 1.29 is 18.9 Å². The first-order valence-electron chi connectivity index (χ1n) is 9.08. The fraction of sp³-hybridized carbons (Fsp3) is 0.190. The number of fused-ring (bicyclic) bond motifs is 1. The molecule has 4 rings (SSSR count). The number of benzene rings is 1. The summed E-state index contributed by atoms with van der Waals surface area (Å²) in [4.78, 5) is 44.2. The van der Waals surface area contributed by atoms with Crippen molar-refractivity contribution in [1.29, 1.82) is 0 Å². The van der Waals surface area contributed by atoms with E-state index in [1.54, 1.807) is 62.5 Å². The Kier molecular flexibility index (Phi) is 4.67. The van der Waals surface area contributed by atoms with Gasteiger partial charge in [-0.1, -0.05) is 23.4 Å². The molecule has 1 aliphatic rings. The van der Waals surface area contributed by atoms with Crippen LogP contribution in [0.2, 0.25) is 0 Å². The van der Waals surface area contributed by atoms with Crippen LogP contribution in [0.3, 0.4) is 0 Å². The number of hydrogen-bond acceptors (Lipinski definition) is 6. The molecule has 29 heavy (non-hydrogen) atoms. The SMILES string of the molecule is Cc1noc(C)c1CC(C(=O)Nc1ccccn1)N1C(=O)c2ccccc2C1=O. The molecular weight excluding hydrogens is 372 g/mol. The number of pyridine rings is 1. The van der Waals surface area contributed by atoms with Crippen LogP contribution in [-0.4, -0.2) is 38.8 Å². The van der Waals surface area contributed by atoms with Crippen LogP contribution < -0.4 is 5.32 Å². The van der Waals surface area contributed by atoms with E-state index < -0.39 is 23.8 Å². The molecular formula is C21H18N4O4. The third-order valence-corrected chi connectivity index (χ3v) is 4.93. The predicted octanol–water partition coefficient (Wildman–Crippen LogP) is 2.53. The van der Waals surface area contributed by atoms with Crippen LogP contribution in [0.15, 0.2) is 53.2 Å². The van der Waals surface area contributed by atoms with Gasteiger partial charge >= 0.3 is 0 Å². The molecule has 1 unspecified atom stereocenters. The first kappa shape index (κ1) is 18.5. The molecule has 3 aromatic rings. The molecule has 1 atom stereocenters. The number of carbonyl (C=O) groups is 3. The van der Waals surface area contributed by atoms with Crippen LogP contribution in [0.1, 0.15) is 37.7 Å². The van der Waals surface area contributed by atoms with E-state index in [1.165, 1.54) is 0 Å². The van der Waals surface area contributed by atoms with E-state index in [-0.39, 0.29) is 17.5 Å². The van der Waals surface area contributed by atoms with E-state index in [1.807, 2.05) is 0 Å². The molecule has 2 aromatic heterocycles. The van der Waals surface area contributed by atoms with Crippen LogP contribution in [0.4, 0.5) is 5.82 Å². The summed E-state index contributed by atoms with van der Waals surface area (Å²) in [6.45, 7) is 3.48. The molecule has 8 nitrogen and oxygen atoms in total.